The zero-order chi connectivity index (χ0) is 14.1. The van der Waals surface area contributed by atoms with Crippen LogP contribution < -0.4 is 5.73 Å². The molecule has 5 heteroatoms. The lowest BCUT2D eigenvalue weighted by atomic mass is 10.0. The van der Waals surface area contributed by atoms with Crippen molar-refractivity contribution in [1.29, 1.82) is 0 Å². The summed E-state index contributed by atoms with van der Waals surface area (Å²) in [4.78, 5) is 0. The molecule has 0 aromatic heterocycles. The molecule has 0 spiro atoms. The van der Waals surface area contributed by atoms with E-state index >= 15 is 0 Å². The Morgan fingerprint density at radius 1 is 1.32 bits per heavy atom. The molecule has 106 valence electrons. The number of nitrogens with two attached hydrogens (primary N) is 1. The van der Waals surface area contributed by atoms with E-state index in [4.69, 9.17) is 10.5 Å². The van der Waals surface area contributed by atoms with Crippen LogP contribution in [0, 0.1) is 5.41 Å². The maximum atomic E-state index is 12.0. The Bertz CT molecular complexity index is 529. The molecule has 1 saturated carbocycles. The van der Waals surface area contributed by atoms with Crippen molar-refractivity contribution in [3.63, 3.8) is 0 Å². The van der Waals surface area contributed by atoms with Gasteiger partial charge in [0.2, 0.25) is 0 Å². The minimum absolute atomic E-state index is 0.0553. The first-order valence-corrected chi connectivity index (χ1v) is 8.44. The smallest absolute Gasteiger partial charge is 0.151 e. The van der Waals surface area contributed by atoms with E-state index in [0.717, 1.165) is 5.56 Å². The normalized spacial score (nSPS) is 30.3. The predicted molar refractivity (Wildman–Crippen MR) is 75.8 cm³/mol. The largest absolute Gasteiger partial charge is 0.381 e. The van der Waals surface area contributed by atoms with Crippen molar-refractivity contribution < 1.29 is 13.2 Å². The van der Waals surface area contributed by atoms with Gasteiger partial charge in [-0.05, 0) is 12.5 Å². The van der Waals surface area contributed by atoms with Crippen LogP contribution in [-0.4, -0.2) is 39.7 Å². The summed E-state index contributed by atoms with van der Waals surface area (Å²) in [7, 11) is -3.14. The molecule has 19 heavy (non-hydrogen) atoms. The third-order valence-corrected chi connectivity index (χ3v) is 5.62. The fourth-order valence-electron chi connectivity index (χ4n) is 3.06. The Balaban J connectivity index is 2.35. The predicted octanol–water partition coefficient (Wildman–Crippen LogP) is 1.18. The third kappa shape index (κ3) is 2.55. The summed E-state index contributed by atoms with van der Waals surface area (Å²) in [6, 6.07) is 9.70. The number of rotatable bonds is 6. The van der Waals surface area contributed by atoms with E-state index in [9.17, 15) is 8.42 Å². The van der Waals surface area contributed by atoms with Crippen LogP contribution in [0.5, 0.6) is 0 Å². The van der Waals surface area contributed by atoms with Crippen LogP contribution in [-0.2, 0) is 14.6 Å². The van der Waals surface area contributed by atoms with Gasteiger partial charge in [-0.2, -0.15) is 0 Å². The molecule has 2 N–H and O–H groups in total. The molecule has 0 amide bonds. The zero-order valence-corrected chi connectivity index (χ0v) is 12.2. The summed E-state index contributed by atoms with van der Waals surface area (Å²) in [6.45, 7) is 3.20. The fourth-order valence-corrected chi connectivity index (χ4v) is 5.07. The van der Waals surface area contributed by atoms with Crippen molar-refractivity contribution >= 4 is 9.84 Å². The second kappa shape index (κ2) is 5.23. The highest BCUT2D eigenvalue weighted by Crippen LogP contribution is 2.62. The molecule has 1 aliphatic carbocycles. The maximum absolute atomic E-state index is 12.0. The van der Waals surface area contributed by atoms with Gasteiger partial charge in [0.05, 0.1) is 11.9 Å². The van der Waals surface area contributed by atoms with Crippen LogP contribution in [0.2, 0.25) is 0 Å². The van der Waals surface area contributed by atoms with Gasteiger partial charge in [-0.3, -0.25) is 0 Å². The Hall–Kier alpha value is -0.910. The van der Waals surface area contributed by atoms with E-state index in [2.05, 4.69) is 0 Å². The van der Waals surface area contributed by atoms with Crippen LogP contribution >= 0.6 is 0 Å². The van der Waals surface area contributed by atoms with Crippen molar-refractivity contribution in [1.82, 2.24) is 0 Å². The molecule has 0 radical (unpaired) electrons. The van der Waals surface area contributed by atoms with Crippen molar-refractivity contribution in [2.75, 3.05) is 26.0 Å². The van der Waals surface area contributed by atoms with Crippen LogP contribution in [0.3, 0.4) is 0 Å². The lowest BCUT2D eigenvalue weighted by Gasteiger charge is -2.15. The third-order valence-electron chi connectivity index (χ3n) is 3.95. The summed E-state index contributed by atoms with van der Waals surface area (Å²) in [6.07, 6.45) is 1.29. The molecule has 0 saturated heterocycles. The lowest BCUT2D eigenvalue weighted by Crippen LogP contribution is -2.28. The molecule has 4 nitrogen and oxygen atoms in total. The van der Waals surface area contributed by atoms with Crippen LogP contribution in [0.4, 0.5) is 0 Å². The second-order valence-corrected chi connectivity index (χ2v) is 7.38. The standard InChI is InChI=1S/C14H21NO3S/c1-3-18-10-14(9-15)12(13(14)19(2,16)17)11-7-5-4-6-8-11/h4-8,12-13H,3,9-10,15H2,1-2H3/t12-,13-,14+/m0/s1. The lowest BCUT2D eigenvalue weighted by molar-refractivity contribution is 0.101. The highest BCUT2D eigenvalue weighted by atomic mass is 32.2. The van der Waals surface area contributed by atoms with Gasteiger partial charge in [-0.25, -0.2) is 8.42 Å². The van der Waals surface area contributed by atoms with E-state index < -0.39 is 20.5 Å². The van der Waals surface area contributed by atoms with Gasteiger partial charge in [0, 0.05) is 30.7 Å². The highest BCUT2D eigenvalue weighted by Gasteiger charge is 2.69. The molecule has 1 aromatic carbocycles. The average molecular weight is 283 g/mol. The average Bonchev–Trinajstić information content (AvgIpc) is 3.07. The van der Waals surface area contributed by atoms with Gasteiger partial charge >= 0.3 is 0 Å². The number of benzene rings is 1. The van der Waals surface area contributed by atoms with Gasteiger partial charge in [0.25, 0.3) is 0 Å². The van der Waals surface area contributed by atoms with E-state index in [1.165, 1.54) is 6.26 Å². The summed E-state index contributed by atoms with van der Waals surface area (Å²) in [5, 5.41) is -0.432. The molecule has 3 atom stereocenters. The Kier molecular flexibility index (Phi) is 3.99. The van der Waals surface area contributed by atoms with E-state index in [1.54, 1.807) is 0 Å². The van der Waals surface area contributed by atoms with Gasteiger partial charge in [-0.15, -0.1) is 0 Å². The first-order valence-electron chi connectivity index (χ1n) is 6.49. The van der Waals surface area contributed by atoms with Gasteiger partial charge in [0.1, 0.15) is 0 Å². The fraction of sp³-hybridized carbons (Fsp3) is 0.571. The van der Waals surface area contributed by atoms with E-state index in [-0.39, 0.29) is 5.92 Å². The molecule has 0 unspecified atom stereocenters. The monoisotopic (exact) mass is 283 g/mol. The molecule has 0 heterocycles. The topological polar surface area (TPSA) is 69.4 Å². The number of hydrogen-bond acceptors (Lipinski definition) is 4. The maximum Gasteiger partial charge on any atom is 0.151 e. The summed E-state index contributed by atoms with van der Waals surface area (Å²) in [5.41, 5.74) is 6.44. The zero-order valence-electron chi connectivity index (χ0n) is 11.4. The summed E-state index contributed by atoms with van der Waals surface area (Å²) >= 11 is 0. The molecule has 1 fully saturated rings. The summed E-state index contributed by atoms with van der Waals surface area (Å²) < 4.78 is 29.5. The number of hydrogen-bond donors (Lipinski definition) is 1. The van der Waals surface area contributed by atoms with E-state index in [1.807, 2.05) is 37.3 Å². The molecule has 1 aliphatic rings. The molecule has 2 rings (SSSR count). The van der Waals surface area contributed by atoms with Crippen LogP contribution in [0.1, 0.15) is 18.4 Å². The Labute approximate surface area is 114 Å². The SMILES string of the molecule is CCOC[C@]1(CN)[C@@H](c2ccccc2)[C@@H]1S(C)(=O)=O. The van der Waals surface area contributed by atoms with Gasteiger partial charge in [0.15, 0.2) is 9.84 Å². The van der Waals surface area contributed by atoms with Crippen molar-refractivity contribution in [3.8, 4) is 0 Å². The first kappa shape index (κ1) is 14.5. The molecular formula is C14H21NO3S. The highest BCUT2D eigenvalue weighted by molar-refractivity contribution is 7.91. The quantitative estimate of drug-likeness (QED) is 0.851. The Morgan fingerprint density at radius 3 is 2.42 bits per heavy atom. The van der Waals surface area contributed by atoms with E-state index in [0.29, 0.717) is 19.8 Å². The molecule has 0 bridgehead atoms. The molecule has 1 aromatic rings. The van der Waals surface area contributed by atoms with Gasteiger partial charge in [-0.1, -0.05) is 30.3 Å². The van der Waals surface area contributed by atoms with Crippen LogP contribution in [0.25, 0.3) is 0 Å². The minimum Gasteiger partial charge on any atom is -0.381 e. The number of sulfone groups is 1. The molecule has 0 aliphatic heterocycles. The van der Waals surface area contributed by atoms with Crippen molar-refractivity contribution in [2.45, 2.75) is 18.1 Å². The van der Waals surface area contributed by atoms with Crippen molar-refractivity contribution in [3.05, 3.63) is 35.9 Å². The first-order chi connectivity index (χ1) is 8.97. The van der Waals surface area contributed by atoms with Crippen molar-refractivity contribution in [2.24, 2.45) is 11.1 Å². The Morgan fingerprint density at radius 2 is 1.95 bits per heavy atom. The molecular weight excluding hydrogens is 262 g/mol. The van der Waals surface area contributed by atoms with Crippen LogP contribution in [0.15, 0.2) is 30.3 Å². The summed E-state index contributed by atoms with van der Waals surface area (Å²) in [5.74, 6) is -0.0553. The van der Waals surface area contributed by atoms with Gasteiger partial charge < -0.3 is 10.5 Å². The minimum atomic E-state index is -3.14. The number of ether oxygens (including phenoxy) is 1. The second-order valence-electron chi connectivity index (χ2n) is 5.21.